The van der Waals surface area contributed by atoms with E-state index >= 15 is 0 Å². The van der Waals surface area contributed by atoms with Gasteiger partial charge < -0.3 is 9.47 Å². The number of hydrogen-bond acceptors (Lipinski definition) is 4. The molecule has 0 heterocycles. The number of para-hydroxylation sites is 1. The van der Waals surface area contributed by atoms with Crippen LogP contribution in [0.2, 0.25) is 5.02 Å². The molecule has 2 rings (SSSR count). The van der Waals surface area contributed by atoms with E-state index in [1.165, 1.54) is 6.08 Å². The van der Waals surface area contributed by atoms with Crippen molar-refractivity contribution < 1.29 is 14.3 Å². The maximum atomic E-state index is 11.7. The molecule has 0 aliphatic heterocycles. The zero-order chi connectivity index (χ0) is 17.4. The summed E-state index contributed by atoms with van der Waals surface area (Å²) in [4.78, 5) is 11.7. The van der Waals surface area contributed by atoms with Gasteiger partial charge in [0.25, 0.3) is 0 Å². The van der Waals surface area contributed by atoms with Crippen LogP contribution in [0.1, 0.15) is 18.1 Å². The molecule has 0 bridgehead atoms. The van der Waals surface area contributed by atoms with Crippen molar-refractivity contribution in [3.63, 3.8) is 0 Å². The van der Waals surface area contributed by atoms with Crippen molar-refractivity contribution in [1.82, 2.24) is 0 Å². The lowest BCUT2D eigenvalue weighted by Crippen LogP contribution is -2.06. The highest BCUT2D eigenvalue weighted by Gasteiger charge is 2.11. The maximum Gasteiger partial charge on any atom is 0.348 e. The van der Waals surface area contributed by atoms with Gasteiger partial charge in [-0.3, -0.25) is 0 Å². The first kappa shape index (κ1) is 17.6. The first-order chi connectivity index (χ1) is 11.7. The number of esters is 1. The monoisotopic (exact) mass is 341 g/mol. The van der Waals surface area contributed by atoms with Gasteiger partial charge in [-0.15, -0.1) is 0 Å². The van der Waals surface area contributed by atoms with Crippen molar-refractivity contribution >= 4 is 23.6 Å². The van der Waals surface area contributed by atoms with Crippen LogP contribution < -0.4 is 4.74 Å². The molecule has 5 heteroatoms. The van der Waals surface area contributed by atoms with E-state index in [1.54, 1.807) is 31.2 Å². The zero-order valence-electron chi connectivity index (χ0n) is 13.2. The summed E-state index contributed by atoms with van der Waals surface area (Å²) in [7, 11) is 0. The van der Waals surface area contributed by atoms with Gasteiger partial charge in [0, 0.05) is 16.1 Å². The number of halogens is 1. The lowest BCUT2D eigenvalue weighted by molar-refractivity contribution is -0.137. The molecule has 4 nitrogen and oxygen atoms in total. The zero-order valence-corrected chi connectivity index (χ0v) is 13.9. The minimum atomic E-state index is -0.652. The third-order valence-electron chi connectivity index (χ3n) is 3.18. The molecule has 0 atom stereocenters. The van der Waals surface area contributed by atoms with Crippen molar-refractivity contribution in [1.29, 1.82) is 5.26 Å². The summed E-state index contributed by atoms with van der Waals surface area (Å²) in [5.41, 5.74) is 1.39. The smallest absolute Gasteiger partial charge is 0.348 e. The molecule has 2 aromatic rings. The van der Waals surface area contributed by atoms with E-state index < -0.39 is 5.97 Å². The van der Waals surface area contributed by atoms with Gasteiger partial charge in [-0.1, -0.05) is 48.0 Å². The lowest BCUT2D eigenvalue weighted by atomic mass is 10.1. The van der Waals surface area contributed by atoms with Crippen molar-refractivity contribution in [2.75, 3.05) is 6.61 Å². The van der Waals surface area contributed by atoms with Gasteiger partial charge >= 0.3 is 5.97 Å². The highest BCUT2D eigenvalue weighted by Crippen LogP contribution is 2.24. The summed E-state index contributed by atoms with van der Waals surface area (Å²) in [6, 6.07) is 16.4. The number of hydrogen-bond donors (Lipinski definition) is 0. The minimum absolute atomic E-state index is 0.0781. The van der Waals surface area contributed by atoms with Crippen molar-refractivity contribution in [3.05, 3.63) is 70.3 Å². The predicted molar refractivity (Wildman–Crippen MR) is 92.4 cm³/mol. The third-order valence-corrected chi connectivity index (χ3v) is 3.54. The molecular weight excluding hydrogens is 326 g/mol. The molecule has 0 radical (unpaired) electrons. The Kier molecular flexibility index (Phi) is 6.41. The Hall–Kier alpha value is -2.77. The molecule has 0 N–H and O–H groups in total. The molecule has 0 unspecified atom stereocenters. The topological polar surface area (TPSA) is 59.3 Å². The molecule has 2 aromatic carbocycles. The summed E-state index contributed by atoms with van der Waals surface area (Å²) in [5.74, 6) is -0.102. The van der Waals surface area contributed by atoms with Crippen LogP contribution in [0, 0.1) is 11.3 Å². The van der Waals surface area contributed by atoms with Gasteiger partial charge in [0.1, 0.15) is 24.0 Å². The molecule has 0 fully saturated rings. The van der Waals surface area contributed by atoms with Crippen molar-refractivity contribution in [3.8, 4) is 11.8 Å². The Bertz CT molecular complexity index is 793. The number of rotatable bonds is 6. The minimum Gasteiger partial charge on any atom is -0.488 e. The average Bonchev–Trinajstić information content (AvgIpc) is 2.60. The van der Waals surface area contributed by atoms with Crippen LogP contribution in [-0.4, -0.2) is 12.6 Å². The Balaban J connectivity index is 2.23. The van der Waals surface area contributed by atoms with Crippen LogP contribution in [0.25, 0.3) is 6.08 Å². The molecule has 122 valence electrons. The van der Waals surface area contributed by atoms with Gasteiger partial charge in [0.2, 0.25) is 0 Å². The number of nitrogens with zero attached hydrogens (tertiary/aromatic N) is 1. The highest BCUT2D eigenvalue weighted by molar-refractivity contribution is 6.31. The predicted octanol–water partition coefficient (Wildman–Crippen LogP) is 4.39. The standard InChI is InChI=1S/C19H16ClNO3/c1-2-23-19(22)16(12-21)11-14-7-4-6-10-18(14)24-13-15-8-3-5-9-17(15)20/h3-11H,2,13H2,1H3/b16-11+. The second kappa shape index (κ2) is 8.76. The second-order valence-corrected chi connectivity index (χ2v) is 5.22. The van der Waals surface area contributed by atoms with Crippen LogP contribution in [0.5, 0.6) is 5.75 Å². The molecule has 0 saturated carbocycles. The fourth-order valence-electron chi connectivity index (χ4n) is 2.00. The van der Waals surface area contributed by atoms with Crippen LogP contribution in [0.15, 0.2) is 54.1 Å². The van der Waals surface area contributed by atoms with E-state index in [4.69, 9.17) is 26.3 Å². The number of carbonyl (C=O) groups is 1. The number of nitriles is 1. The first-order valence-corrected chi connectivity index (χ1v) is 7.77. The van der Waals surface area contributed by atoms with Crippen LogP contribution in [-0.2, 0) is 16.1 Å². The fraction of sp³-hybridized carbons (Fsp3) is 0.158. The summed E-state index contributed by atoms with van der Waals surface area (Å²) < 4.78 is 10.7. The van der Waals surface area contributed by atoms with Gasteiger partial charge in [-0.25, -0.2) is 4.79 Å². The average molecular weight is 342 g/mol. The van der Waals surface area contributed by atoms with E-state index in [-0.39, 0.29) is 18.8 Å². The molecule has 24 heavy (non-hydrogen) atoms. The van der Waals surface area contributed by atoms with Crippen LogP contribution in [0.3, 0.4) is 0 Å². The molecule has 0 spiro atoms. The largest absolute Gasteiger partial charge is 0.488 e. The van der Waals surface area contributed by atoms with Gasteiger partial charge in [0.05, 0.1) is 6.61 Å². The summed E-state index contributed by atoms with van der Waals surface area (Å²) in [6.07, 6.45) is 1.46. The van der Waals surface area contributed by atoms with Crippen molar-refractivity contribution in [2.24, 2.45) is 0 Å². The maximum absolute atomic E-state index is 11.7. The Morgan fingerprint density at radius 2 is 1.92 bits per heavy atom. The highest BCUT2D eigenvalue weighted by atomic mass is 35.5. The summed E-state index contributed by atoms with van der Waals surface area (Å²) in [5, 5.41) is 9.76. The number of carbonyl (C=O) groups excluding carboxylic acids is 1. The van der Waals surface area contributed by atoms with Crippen LogP contribution in [0.4, 0.5) is 0 Å². The molecule has 0 aliphatic rings. The van der Waals surface area contributed by atoms with E-state index in [2.05, 4.69) is 0 Å². The van der Waals surface area contributed by atoms with E-state index in [0.29, 0.717) is 16.3 Å². The SMILES string of the molecule is CCOC(=O)/C(C#N)=C/c1ccccc1OCc1ccccc1Cl. The van der Waals surface area contributed by atoms with E-state index in [1.807, 2.05) is 30.3 Å². The lowest BCUT2D eigenvalue weighted by Gasteiger charge is -2.10. The summed E-state index contributed by atoms with van der Waals surface area (Å²) in [6.45, 7) is 2.18. The molecule has 0 amide bonds. The Labute approximate surface area is 145 Å². The van der Waals surface area contributed by atoms with Gasteiger partial charge in [-0.05, 0) is 25.1 Å². The first-order valence-electron chi connectivity index (χ1n) is 7.40. The van der Waals surface area contributed by atoms with Gasteiger partial charge in [0.15, 0.2) is 0 Å². The Morgan fingerprint density at radius 3 is 2.62 bits per heavy atom. The normalized spacial score (nSPS) is 10.8. The Morgan fingerprint density at radius 1 is 1.21 bits per heavy atom. The number of benzene rings is 2. The van der Waals surface area contributed by atoms with E-state index in [9.17, 15) is 4.79 Å². The number of ether oxygens (including phenoxy) is 2. The molecule has 0 aliphatic carbocycles. The quantitative estimate of drug-likeness (QED) is 0.444. The molecule has 0 aromatic heterocycles. The fourth-order valence-corrected chi connectivity index (χ4v) is 2.19. The second-order valence-electron chi connectivity index (χ2n) is 4.81. The third kappa shape index (κ3) is 4.61. The summed E-state index contributed by atoms with van der Waals surface area (Å²) >= 11 is 6.12. The van der Waals surface area contributed by atoms with Gasteiger partial charge in [-0.2, -0.15) is 5.26 Å². The van der Waals surface area contributed by atoms with E-state index in [0.717, 1.165) is 5.56 Å². The molecule has 0 saturated heterocycles. The van der Waals surface area contributed by atoms with Crippen molar-refractivity contribution in [2.45, 2.75) is 13.5 Å². The van der Waals surface area contributed by atoms with Crippen LogP contribution >= 0.6 is 11.6 Å². The molecular formula is C19H16ClNO3.